The van der Waals surface area contributed by atoms with E-state index in [2.05, 4.69) is 9.97 Å². The Morgan fingerprint density at radius 3 is 2.39 bits per heavy atom. The highest BCUT2D eigenvalue weighted by Gasteiger charge is 2.57. The van der Waals surface area contributed by atoms with Crippen LogP contribution in [0.1, 0.15) is 46.2 Å². The second kappa shape index (κ2) is 11.5. The molecule has 5 rings (SSSR count). The number of methoxy groups -OCH3 is 1. The molecule has 1 aliphatic heterocycles. The standard InChI is InChI=1S/C31H26F6N4O5/c1-14-19(26(33)34)9-16-8-17(10-21(45-3)23(16)40-14)27(42)39-12-30(44,31(35,36)37)22-11-20-25(46-13-29(20,2)28(38)43)24(41-22)15-4-6-18(32)7-5-15/h4-11,26,44H,12-13H2,1-3H3,(H2,38,43)(H,39,42)/t29-,30?/m0/s1. The number of pyridine rings is 2. The fourth-order valence-electron chi connectivity index (χ4n) is 5.12. The van der Waals surface area contributed by atoms with Crippen LogP contribution in [0.25, 0.3) is 22.2 Å². The topological polar surface area (TPSA) is 137 Å². The number of aliphatic hydroxyl groups is 1. The van der Waals surface area contributed by atoms with Gasteiger partial charge in [-0.2, -0.15) is 13.2 Å². The van der Waals surface area contributed by atoms with Crippen LogP contribution >= 0.6 is 0 Å². The van der Waals surface area contributed by atoms with Crippen LogP contribution in [-0.4, -0.2) is 53.3 Å². The second-order valence-electron chi connectivity index (χ2n) is 11.0. The van der Waals surface area contributed by atoms with Crippen molar-refractivity contribution in [1.29, 1.82) is 0 Å². The molecule has 0 spiro atoms. The van der Waals surface area contributed by atoms with E-state index in [1.165, 1.54) is 33.1 Å². The molecule has 2 aromatic carbocycles. The number of nitrogens with one attached hydrogen (secondary N) is 1. The molecule has 0 aliphatic carbocycles. The SMILES string of the molecule is COc1cc(C(=O)NCC(O)(c2cc3c(c(-c4ccc(F)cc4)n2)OC[C@]3(C)C(N)=O)C(F)(F)F)cc2cc(C(F)F)c(C)nc12. The Morgan fingerprint density at radius 1 is 1.13 bits per heavy atom. The highest BCUT2D eigenvalue weighted by molar-refractivity contribution is 6.00. The lowest BCUT2D eigenvalue weighted by atomic mass is 9.81. The first kappa shape index (κ1) is 32.5. The van der Waals surface area contributed by atoms with E-state index in [9.17, 15) is 41.0 Å². The molecule has 2 amide bonds. The van der Waals surface area contributed by atoms with Crippen molar-refractivity contribution in [3.05, 3.63) is 82.4 Å². The van der Waals surface area contributed by atoms with Crippen molar-refractivity contribution in [3.8, 4) is 22.8 Å². The average molecular weight is 649 g/mol. The van der Waals surface area contributed by atoms with Gasteiger partial charge in [-0.05, 0) is 62.4 Å². The lowest BCUT2D eigenvalue weighted by Gasteiger charge is -2.31. The van der Waals surface area contributed by atoms with Crippen LogP contribution in [-0.2, 0) is 15.8 Å². The zero-order valence-electron chi connectivity index (χ0n) is 24.4. The Bertz CT molecular complexity index is 1870. The number of primary amides is 1. The second-order valence-corrected chi connectivity index (χ2v) is 11.0. The molecule has 46 heavy (non-hydrogen) atoms. The fraction of sp³-hybridized carbons (Fsp3) is 0.290. The van der Waals surface area contributed by atoms with Crippen LogP contribution in [0, 0.1) is 12.7 Å². The number of carbonyl (C=O) groups excluding carboxylic acids is 2. The fourth-order valence-corrected chi connectivity index (χ4v) is 5.12. The van der Waals surface area contributed by atoms with Gasteiger partial charge in [-0.1, -0.05) is 0 Å². The van der Waals surface area contributed by atoms with Gasteiger partial charge < -0.3 is 25.6 Å². The summed E-state index contributed by atoms with van der Waals surface area (Å²) in [4.78, 5) is 33.8. The third-order valence-corrected chi connectivity index (χ3v) is 7.96. The Kier molecular flexibility index (Phi) is 8.09. The molecule has 2 aromatic heterocycles. The van der Waals surface area contributed by atoms with Gasteiger partial charge >= 0.3 is 6.18 Å². The highest BCUT2D eigenvalue weighted by atomic mass is 19.4. The Labute approximate surface area is 257 Å². The zero-order valence-corrected chi connectivity index (χ0v) is 24.4. The first-order chi connectivity index (χ1) is 21.5. The van der Waals surface area contributed by atoms with Crippen molar-refractivity contribution in [2.45, 2.75) is 37.5 Å². The predicted molar refractivity (Wildman–Crippen MR) is 152 cm³/mol. The molecule has 0 saturated carbocycles. The first-order valence-corrected chi connectivity index (χ1v) is 13.6. The largest absolute Gasteiger partial charge is 0.494 e. The number of rotatable bonds is 8. The van der Waals surface area contributed by atoms with Crippen LogP contribution in [0.3, 0.4) is 0 Å². The van der Waals surface area contributed by atoms with E-state index in [1.54, 1.807) is 0 Å². The van der Waals surface area contributed by atoms with Gasteiger partial charge in [0, 0.05) is 33.3 Å². The van der Waals surface area contributed by atoms with E-state index < -0.39 is 59.1 Å². The molecule has 3 heterocycles. The number of hydrogen-bond donors (Lipinski definition) is 3. The number of ether oxygens (including phenoxy) is 2. The molecule has 15 heteroatoms. The number of amides is 2. The molecule has 0 radical (unpaired) electrons. The van der Waals surface area contributed by atoms with Gasteiger partial charge in [-0.3, -0.25) is 9.59 Å². The number of aryl methyl sites for hydroxylation is 1. The molecule has 4 aromatic rings. The maximum absolute atomic E-state index is 14.7. The van der Waals surface area contributed by atoms with Crippen molar-refractivity contribution in [3.63, 3.8) is 0 Å². The molecular formula is C31H26F6N4O5. The maximum atomic E-state index is 14.7. The number of alkyl halides is 5. The molecule has 1 unspecified atom stereocenters. The summed E-state index contributed by atoms with van der Waals surface area (Å²) in [6.45, 7) is 0.902. The molecule has 0 fully saturated rings. The van der Waals surface area contributed by atoms with Crippen LogP contribution in [0.5, 0.6) is 11.5 Å². The average Bonchev–Trinajstić information content (AvgIpc) is 3.35. The van der Waals surface area contributed by atoms with Crippen molar-refractivity contribution in [2.24, 2.45) is 5.73 Å². The lowest BCUT2D eigenvalue weighted by molar-refractivity contribution is -0.265. The van der Waals surface area contributed by atoms with Crippen LogP contribution in [0.2, 0.25) is 0 Å². The Morgan fingerprint density at radius 2 is 1.80 bits per heavy atom. The molecule has 1 aliphatic rings. The monoisotopic (exact) mass is 648 g/mol. The van der Waals surface area contributed by atoms with Crippen molar-refractivity contribution in [1.82, 2.24) is 15.3 Å². The summed E-state index contributed by atoms with van der Waals surface area (Å²) in [5, 5.41) is 13.3. The third-order valence-electron chi connectivity index (χ3n) is 7.96. The normalized spacial score (nSPS) is 17.4. The number of fused-ring (bicyclic) bond motifs is 2. The summed E-state index contributed by atoms with van der Waals surface area (Å²) in [7, 11) is 1.23. The number of benzene rings is 2. The van der Waals surface area contributed by atoms with Crippen LogP contribution in [0.4, 0.5) is 26.3 Å². The van der Waals surface area contributed by atoms with Gasteiger partial charge in [-0.25, -0.2) is 23.1 Å². The minimum Gasteiger partial charge on any atom is -0.494 e. The van der Waals surface area contributed by atoms with Gasteiger partial charge in [0.05, 0.1) is 19.3 Å². The maximum Gasteiger partial charge on any atom is 0.424 e. The van der Waals surface area contributed by atoms with E-state index >= 15 is 0 Å². The van der Waals surface area contributed by atoms with Crippen LogP contribution in [0.15, 0.2) is 48.5 Å². The van der Waals surface area contributed by atoms with E-state index in [-0.39, 0.29) is 57.1 Å². The van der Waals surface area contributed by atoms with Gasteiger partial charge in [0.25, 0.3) is 12.3 Å². The summed E-state index contributed by atoms with van der Waals surface area (Å²) in [6.07, 6.45) is -8.33. The zero-order chi connectivity index (χ0) is 33.8. The predicted octanol–water partition coefficient (Wildman–Crippen LogP) is 5.01. The van der Waals surface area contributed by atoms with E-state index in [0.717, 1.165) is 36.4 Å². The quantitative estimate of drug-likeness (QED) is 0.229. The molecular weight excluding hydrogens is 622 g/mol. The summed E-state index contributed by atoms with van der Waals surface area (Å²) < 4.78 is 95.7. The van der Waals surface area contributed by atoms with Gasteiger partial charge in [0.15, 0.2) is 0 Å². The third kappa shape index (κ3) is 5.44. The van der Waals surface area contributed by atoms with Crippen molar-refractivity contribution >= 4 is 22.7 Å². The summed E-state index contributed by atoms with van der Waals surface area (Å²) in [6, 6.07) is 8.75. The van der Waals surface area contributed by atoms with Crippen molar-refractivity contribution in [2.75, 3.05) is 20.3 Å². The van der Waals surface area contributed by atoms with Gasteiger partial charge in [0.1, 0.15) is 40.5 Å². The molecule has 242 valence electrons. The van der Waals surface area contributed by atoms with E-state index in [1.807, 2.05) is 5.32 Å². The summed E-state index contributed by atoms with van der Waals surface area (Å²) >= 11 is 0. The number of hydrogen-bond acceptors (Lipinski definition) is 7. The minimum atomic E-state index is -5.45. The number of carbonyl (C=O) groups is 2. The van der Waals surface area contributed by atoms with Gasteiger partial charge in [0.2, 0.25) is 11.5 Å². The molecule has 0 saturated heterocycles. The van der Waals surface area contributed by atoms with Gasteiger partial charge in [-0.15, -0.1) is 0 Å². The first-order valence-electron chi connectivity index (χ1n) is 13.6. The Hall–Kier alpha value is -4.92. The number of halogens is 6. The molecule has 0 bridgehead atoms. The molecule has 4 N–H and O–H groups in total. The summed E-state index contributed by atoms with van der Waals surface area (Å²) in [5.41, 5.74) is -1.64. The van der Waals surface area contributed by atoms with Crippen molar-refractivity contribution < 1.29 is 50.5 Å². The molecule has 9 nitrogen and oxygen atoms in total. The molecule has 2 atom stereocenters. The van der Waals surface area contributed by atoms with E-state index in [0.29, 0.717) is 0 Å². The smallest absolute Gasteiger partial charge is 0.424 e. The lowest BCUT2D eigenvalue weighted by Crippen LogP contribution is -2.51. The highest BCUT2D eigenvalue weighted by Crippen LogP contribution is 2.47. The number of aromatic nitrogens is 2. The Balaban J connectivity index is 1.58. The van der Waals surface area contributed by atoms with Crippen LogP contribution < -0.4 is 20.5 Å². The van der Waals surface area contributed by atoms with E-state index in [4.69, 9.17) is 15.2 Å². The number of nitrogens with zero attached hydrogens (tertiary/aromatic N) is 2. The minimum absolute atomic E-state index is 0.00684. The summed E-state index contributed by atoms with van der Waals surface area (Å²) in [5.74, 6) is -2.78. The number of nitrogens with two attached hydrogens (primary N) is 1.